The minimum Gasteiger partial charge on any atom is -0.360 e. The number of carbonyl (C=O) groups excluding carboxylic acids is 1. The van der Waals surface area contributed by atoms with Gasteiger partial charge in [-0.25, -0.2) is 14.1 Å². The molecule has 0 radical (unpaired) electrons. The van der Waals surface area contributed by atoms with E-state index in [0.717, 1.165) is 30.8 Å². The Morgan fingerprint density at radius 1 is 1.19 bits per heavy atom. The Morgan fingerprint density at radius 3 is 2.69 bits per heavy atom. The van der Waals surface area contributed by atoms with E-state index < -0.39 is 23.4 Å². The lowest BCUT2D eigenvalue weighted by Gasteiger charge is -2.09. The lowest BCUT2D eigenvalue weighted by molar-refractivity contribution is -0.137. The number of carbonyl (C=O) groups is 1. The molecule has 0 atom stereocenters. The zero-order valence-corrected chi connectivity index (χ0v) is 19.2. The van der Waals surface area contributed by atoms with Crippen molar-refractivity contribution in [1.82, 2.24) is 25.1 Å². The summed E-state index contributed by atoms with van der Waals surface area (Å²) < 4.78 is 55.9. The van der Waals surface area contributed by atoms with E-state index in [0.29, 0.717) is 22.0 Å². The Labute approximate surface area is 206 Å². The van der Waals surface area contributed by atoms with Crippen LogP contribution in [0.1, 0.15) is 45.3 Å². The van der Waals surface area contributed by atoms with Crippen molar-refractivity contribution in [3.8, 4) is 16.8 Å². The molecule has 0 unspecified atom stereocenters. The van der Waals surface area contributed by atoms with Crippen molar-refractivity contribution in [3.63, 3.8) is 0 Å². The van der Waals surface area contributed by atoms with Gasteiger partial charge in [0.15, 0.2) is 0 Å². The van der Waals surface area contributed by atoms with Crippen LogP contribution in [0.15, 0.2) is 48.4 Å². The van der Waals surface area contributed by atoms with Gasteiger partial charge >= 0.3 is 6.18 Å². The molecule has 4 aromatic rings. The maximum absolute atomic E-state index is 14.8. The monoisotopic (exact) mass is 512 g/mol. The van der Waals surface area contributed by atoms with Gasteiger partial charge in [0.05, 0.1) is 28.7 Å². The average molecular weight is 512 g/mol. The van der Waals surface area contributed by atoms with Crippen LogP contribution in [0.4, 0.5) is 23.4 Å². The number of thiazole rings is 1. The summed E-state index contributed by atoms with van der Waals surface area (Å²) in [5.41, 5.74) is 2.34. The van der Waals surface area contributed by atoms with E-state index in [9.17, 15) is 22.4 Å². The maximum Gasteiger partial charge on any atom is 0.409 e. The van der Waals surface area contributed by atoms with E-state index in [1.807, 2.05) is 0 Å². The van der Waals surface area contributed by atoms with Gasteiger partial charge in [0.2, 0.25) is 0 Å². The van der Waals surface area contributed by atoms with Gasteiger partial charge < -0.3 is 10.2 Å². The number of nitrogens with one attached hydrogen (secondary N) is 1. The first-order chi connectivity index (χ1) is 17.2. The number of pyridine rings is 1. The molecule has 1 aliphatic rings. The second-order valence-electron chi connectivity index (χ2n) is 8.18. The van der Waals surface area contributed by atoms with E-state index >= 15 is 0 Å². The Balaban J connectivity index is 1.31. The van der Waals surface area contributed by atoms with Crippen molar-refractivity contribution in [1.29, 1.82) is 0 Å². The summed E-state index contributed by atoms with van der Waals surface area (Å²) in [6.07, 6.45) is 1.23. The van der Waals surface area contributed by atoms with Gasteiger partial charge in [-0.2, -0.15) is 18.3 Å². The summed E-state index contributed by atoms with van der Waals surface area (Å²) in [4.78, 5) is 23.8. The lowest BCUT2D eigenvalue weighted by Crippen LogP contribution is -2.23. The summed E-state index contributed by atoms with van der Waals surface area (Å²) in [5, 5.41) is 6.84. The molecule has 0 aliphatic heterocycles. The highest BCUT2D eigenvalue weighted by Crippen LogP contribution is 2.42. The fourth-order valence-electron chi connectivity index (χ4n) is 3.68. The first-order valence-corrected chi connectivity index (χ1v) is 11.6. The fourth-order valence-corrected chi connectivity index (χ4v) is 4.47. The number of nitrogens with zero attached hydrogens (tertiary/aromatic N) is 5. The normalized spacial score (nSPS) is 13.4. The topological polar surface area (TPSA) is 77.1 Å². The van der Waals surface area contributed by atoms with E-state index in [2.05, 4.69) is 25.2 Å². The zero-order valence-electron chi connectivity index (χ0n) is 18.4. The number of aromatic nitrogens is 4. The first kappa shape index (κ1) is 23.6. The second-order valence-corrected chi connectivity index (χ2v) is 9.03. The maximum atomic E-state index is 14.8. The molecule has 12 heteroatoms. The quantitative estimate of drug-likeness (QED) is 0.258. The minimum absolute atomic E-state index is 0.0173. The van der Waals surface area contributed by atoms with Crippen molar-refractivity contribution in [3.05, 3.63) is 87.3 Å². The SMILES string of the molecule is [C-]#[N+]c1ncc(-c2cnn(-c3ccc(CNC(=O)c4scnc4C4CC4)c(F)c3)c2)cc1C(F)(F)F. The first-order valence-electron chi connectivity index (χ1n) is 10.7. The summed E-state index contributed by atoms with van der Waals surface area (Å²) in [6.45, 7) is 6.88. The van der Waals surface area contributed by atoms with Crippen molar-refractivity contribution in [2.45, 2.75) is 31.5 Å². The number of rotatable bonds is 6. The lowest BCUT2D eigenvalue weighted by atomic mass is 10.1. The standard InChI is InChI=1S/C24H16F4N6OS/c1-29-22-18(24(26,27)28)6-15(9-30-22)16-10-33-34(11-16)17-5-4-14(19(25)7-17)8-31-23(35)21-20(13-2-3-13)32-12-36-21/h4-7,9-13H,2-3,8H2,(H,31,35). The van der Waals surface area contributed by atoms with Crippen LogP contribution >= 0.6 is 11.3 Å². The molecule has 3 aromatic heterocycles. The molecule has 0 bridgehead atoms. The summed E-state index contributed by atoms with van der Waals surface area (Å²) in [7, 11) is 0. The number of alkyl halides is 3. The molecule has 1 fully saturated rings. The predicted molar refractivity (Wildman–Crippen MR) is 123 cm³/mol. The van der Waals surface area contributed by atoms with Crippen LogP contribution in [0.3, 0.4) is 0 Å². The van der Waals surface area contributed by atoms with Gasteiger partial charge in [-0.15, -0.1) is 16.3 Å². The third kappa shape index (κ3) is 4.70. The number of hydrogen-bond acceptors (Lipinski definition) is 5. The molecule has 7 nitrogen and oxygen atoms in total. The second kappa shape index (κ2) is 9.16. The van der Waals surface area contributed by atoms with E-state index in [1.54, 1.807) is 11.6 Å². The molecule has 0 spiro atoms. The van der Waals surface area contributed by atoms with Gasteiger partial charge in [0.25, 0.3) is 11.7 Å². The van der Waals surface area contributed by atoms with Crippen LogP contribution in [0, 0.1) is 12.4 Å². The van der Waals surface area contributed by atoms with Crippen LogP contribution in [0.25, 0.3) is 21.7 Å². The van der Waals surface area contributed by atoms with Crippen molar-refractivity contribution >= 4 is 23.1 Å². The molecule has 3 heterocycles. The molecule has 1 N–H and O–H groups in total. The fraction of sp³-hybridized carbons (Fsp3) is 0.208. The van der Waals surface area contributed by atoms with Crippen molar-refractivity contribution in [2.75, 3.05) is 0 Å². The Hall–Kier alpha value is -4.11. The van der Waals surface area contributed by atoms with Gasteiger partial charge in [0.1, 0.15) is 16.9 Å². The number of hydrogen-bond donors (Lipinski definition) is 1. The molecule has 36 heavy (non-hydrogen) atoms. The average Bonchev–Trinajstić information content (AvgIpc) is 3.37. The summed E-state index contributed by atoms with van der Waals surface area (Å²) in [6, 6.07) is 5.16. The molecular weight excluding hydrogens is 496 g/mol. The molecular formula is C24H16F4N6OS. The Bertz CT molecular complexity index is 1500. The largest absolute Gasteiger partial charge is 0.409 e. The minimum atomic E-state index is -4.73. The summed E-state index contributed by atoms with van der Waals surface area (Å²) in [5.74, 6) is -1.27. The highest BCUT2D eigenvalue weighted by atomic mass is 32.1. The predicted octanol–water partition coefficient (Wildman–Crippen LogP) is 5.91. The number of benzene rings is 1. The van der Waals surface area contributed by atoms with Gasteiger partial charge in [-0.3, -0.25) is 4.79 Å². The van der Waals surface area contributed by atoms with Crippen molar-refractivity contribution in [2.24, 2.45) is 0 Å². The van der Waals surface area contributed by atoms with E-state index in [-0.39, 0.29) is 23.6 Å². The third-order valence-corrected chi connectivity index (χ3v) is 6.54. The highest BCUT2D eigenvalue weighted by molar-refractivity contribution is 7.11. The number of amides is 1. The Morgan fingerprint density at radius 2 is 2.00 bits per heavy atom. The molecule has 1 aromatic carbocycles. The van der Waals surface area contributed by atoms with E-state index in [4.69, 9.17) is 6.57 Å². The van der Waals surface area contributed by atoms with E-state index in [1.165, 1.54) is 40.5 Å². The molecule has 182 valence electrons. The molecule has 5 rings (SSSR count). The molecule has 1 saturated carbocycles. The molecule has 1 amide bonds. The van der Waals surface area contributed by atoms with Crippen LogP contribution in [0.5, 0.6) is 0 Å². The van der Waals surface area contributed by atoms with Gasteiger partial charge in [0, 0.05) is 35.3 Å². The zero-order chi connectivity index (χ0) is 25.4. The van der Waals surface area contributed by atoms with Crippen LogP contribution < -0.4 is 5.32 Å². The smallest absolute Gasteiger partial charge is 0.360 e. The van der Waals surface area contributed by atoms with Gasteiger partial charge in [-0.05, 0) is 31.0 Å². The van der Waals surface area contributed by atoms with Gasteiger partial charge in [-0.1, -0.05) is 12.6 Å². The number of halogens is 4. The van der Waals surface area contributed by atoms with Crippen LogP contribution in [0.2, 0.25) is 0 Å². The molecule has 0 saturated heterocycles. The van der Waals surface area contributed by atoms with Crippen LogP contribution in [-0.4, -0.2) is 25.7 Å². The highest BCUT2D eigenvalue weighted by Gasteiger charge is 2.35. The molecule has 1 aliphatic carbocycles. The Kier molecular flexibility index (Phi) is 6.01. The van der Waals surface area contributed by atoms with Crippen molar-refractivity contribution < 1.29 is 22.4 Å². The third-order valence-electron chi connectivity index (χ3n) is 5.70. The van der Waals surface area contributed by atoms with Crippen LogP contribution in [-0.2, 0) is 12.7 Å². The summed E-state index contributed by atoms with van der Waals surface area (Å²) >= 11 is 1.26.